The minimum atomic E-state index is -1.41. The Morgan fingerprint density at radius 1 is 1.48 bits per heavy atom. The third-order valence-electron chi connectivity index (χ3n) is 4.18. The van der Waals surface area contributed by atoms with E-state index in [9.17, 15) is 15.0 Å². The van der Waals surface area contributed by atoms with E-state index in [4.69, 9.17) is 14.7 Å². The van der Waals surface area contributed by atoms with E-state index in [1.807, 2.05) is 20.1 Å². The molecule has 1 saturated heterocycles. The molecular formula is C14H25N3O5S. The van der Waals surface area contributed by atoms with Crippen molar-refractivity contribution in [1.29, 1.82) is 0 Å². The number of nitrogens with zero attached hydrogens (tertiary/aromatic N) is 2. The summed E-state index contributed by atoms with van der Waals surface area (Å²) in [6.07, 6.45) is 0.0320. The largest absolute Gasteiger partial charge is 0.394 e. The number of rotatable bonds is 6. The second-order valence-electron chi connectivity index (χ2n) is 5.60. The van der Waals surface area contributed by atoms with E-state index >= 15 is 0 Å². The number of nitrogen functional groups attached to an aromatic ring is 1. The van der Waals surface area contributed by atoms with Gasteiger partial charge in [0.25, 0.3) is 0 Å². The zero-order valence-corrected chi connectivity index (χ0v) is 14.4. The van der Waals surface area contributed by atoms with Crippen LogP contribution in [0, 0.1) is 0 Å². The number of hydrogen-bond acceptors (Lipinski definition) is 7. The summed E-state index contributed by atoms with van der Waals surface area (Å²) in [5.74, 6) is 1.74. The van der Waals surface area contributed by atoms with Gasteiger partial charge < -0.3 is 24.9 Å². The lowest BCUT2D eigenvalue weighted by molar-refractivity contribution is -0.0514. The van der Waals surface area contributed by atoms with Crippen LogP contribution in [-0.2, 0) is 8.92 Å². The standard InChI is InChI=1S/C14H25N3O5S/c1-4-23(3,5-2)22-12-11(19)9(8-18)21-13(12)17-7-6-10(15)16-14(17)20/h6-7,9,11-13,18-19H,4-5,8H2,1-3H3,(H2,15,16,20). The Morgan fingerprint density at radius 3 is 2.65 bits per heavy atom. The summed E-state index contributed by atoms with van der Waals surface area (Å²) < 4.78 is 13.1. The molecule has 1 aromatic heterocycles. The Balaban J connectivity index is 2.36. The summed E-state index contributed by atoms with van der Waals surface area (Å²) in [5, 5.41) is 19.8. The van der Waals surface area contributed by atoms with Crippen LogP contribution in [0.3, 0.4) is 0 Å². The average Bonchev–Trinajstić information content (AvgIpc) is 2.83. The number of anilines is 1. The normalized spacial score (nSPS) is 28.9. The Morgan fingerprint density at radius 2 is 2.13 bits per heavy atom. The number of hydrogen-bond donors (Lipinski definition) is 3. The SMILES string of the molecule is CCS(C)(CC)OC1C(O)C(CO)OC1n1ccc(N)nc1=O. The van der Waals surface area contributed by atoms with Crippen LogP contribution in [0.2, 0.25) is 0 Å². The molecule has 8 nitrogen and oxygen atoms in total. The van der Waals surface area contributed by atoms with E-state index in [1.165, 1.54) is 16.8 Å². The van der Waals surface area contributed by atoms with Gasteiger partial charge in [-0.15, -0.1) is 10.3 Å². The van der Waals surface area contributed by atoms with E-state index in [0.29, 0.717) is 0 Å². The van der Waals surface area contributed by atoms with Crippen LogP contribution in [-0.4, -0.2) is 62.4 Å². The van der Waals surface area contributed by atoms with Crippen LogP contribution >= 0.6 is 10.3 Å². The van der Waals surface area contributed by atoms with Gasteiger partial charge in [0.05, 0.1) is 6.61 Å². The maximum Gasteiger partial charge on any atom is 0.351 e. The zero-order chi connectivity index (χ0) is 17.2. The lowest BCUT2D eigenvalue weighted by atomic mass is 10.1. The molecule has 1 aliphatic rings. The Labute approximate surface area is 136 Å². The smallest absolute Gasteiger partial charge is 0.351 e. The molecule has 2 heterocycles. The van der Waals surface area contributed by atoms with Gasteiger partial charge in [0.2, 0.25) is 0 Å². The highest BCUT2D eigenvalue weighted by molar-refractivity contribution is 8.29. The quantitative estimate of drug-likeness (QED) is 0.654. The third kappa shape index (κ3) is 3.69. The fourth-order valence-corrected chi connectivity index (χ4v) is 3.85. The number of ether oxygens (including phenoxy) is 1. The first-order valence-corrected chi connectivity index (χ1v) is 9.86. The number of aromatic nitrogens is 2. The molecule has 2 rings (SSSR count). The number of aliphatic hydroxyl groups is 2. The van der Waals surface area contributed by atoms with Gasteiger partial charge in [0, 0.05) is 6.20 Å². The van der Waals surface area contributed by atoms with Crippen molar-refractivity contribution in [3.63, 3.8) is 0 Å². The summed E-state index contributed by atoms with van der Waals surface area (Å²) in [5.41, 5.74) is 4.92. The first-order valence-electron chi connectivity index (χ1n) is 7.56. The maximum absolute atomic E-state index is 12.1. The molecule has 0 amide bonds. The van der Waals surface area contributed by atoms with Gasteiger partial charge in [-0.1, -0.05) is 13.8 Å². The first kappa shape index (κ1) is 18.2. The van der Waals surface area contributed by atoms with Gasteiger partial charge in [-0.05, 0) is 23.8 Å². The molecule has 132 valence electrons. The summed E-state index contributed by atoms with van der Waals surface area (Å²) >= 11 is 0. The fourth-order valence-electron chi connectivity index (χ4n) is 2.42. The van der Waals surface area contributed by atoms with E-state index < -0.39 is 40.5 Å². The highest BCUT2D eigenvalue weighted by Crippen LogP contribution is 2.49. The van der Waals surface area contributed by atoms with Crippen molar-refractivity contribution in [2.24, 2.45) is 0 Å². The van der Waals surface area contributed by atoms with E-state index in [2.05, 4.69) is 4.98 Å². The molecule has 1 aliphatic heterocycles. The van der Waals surface area contributed by atoms with Crippen molar-refractivity contribution in [2.75, 3.05) is 30.1 Å². The summed E-state index contributed by atoms with van der Waals surface area (Å²) in [4.78, 5) is 15.8. The highest BCUT2D eigenvalue weighted by Gasteiger charge is 2.47. The predicted molar refractivity (Wildman–Crippen MR) is 89.4 cm³/mol. The Bertz CT molecular complexity index is 592. The van der Waals surface area contributed by atoms with Crippen molar-refractivity contribution < 1.29 is 19.1 Å². The van der Waals surface area contributed by atoms with Crippen LogP contribution in [0.25, 0.3) is 0 Å². The molecule has 4 atom stereocenters. The Kier molecular flexibility index (Phi) is 5.69. The first-order chi connectivity index (χ1) is 10.8. The minimum Gasteiger partial charge on any atom is -0.394 e. The van der Waals surface area contributed by atoms with Crippen molar-refractivity contribution >= 4 is 16.1 Å². The number of nitrogens with two attached hydrogens (primary N) is 1. The Hall–Kier alpha value is -1.13. The van der Waals surface area contributed by atoms with Crippen molar-refractivity contribution in [1.82, 2.24) is 9.55 Å². The average molecular weight is 347 g/mol. The van der Waals surface area contributed by atoms with Gasteiger partial charge in [-0.3, -0.25) is 4.57 Å². The molecule has 1 aromatic rings. The van der Waals surface area contributed by atoms with Crippen LogP contribution in [0.5, 0.6) is 0 Å². The topological polar surface area (TPSA) is 120 Å². The second-order valence-corrected chi connectivity index (χ2v) is 9.32. The maximum atomic E-state index is 12.1. The van der Waals surface area contributed by atoms with Crippen LogP contribution in [0.1, 0.15) is 20.1 Å². The molecular weight excluding hydrogens is 322 g/mol. The fraction of sp³-hybridized carbons (Fsp3) is 0.714. The number of aliphatic hydroxyl groups excluding tert-OH is 2. The minimum absolute atomic E-state index is 0.110. The van der Waals surface area contributed by atoms with Gasteiger partial charge in [-0.2, -0.15) is 4.98 Å². The van der Waals surface area contributed by atoms with Crippen LogP contribution < -0.4 is 11.4 Å². The molecule has 4 N–H and O–H groups in total. The summed E-state index contributed by atoms with van der Waals surface area (Å²) in [6.45, 7) is 3.69. The van der Waals surface area contributed by atoms with Crippen molar-refractivity contribution in [3.05, 3.63) is 22.7 Å². The summed E-state index contributed by atoms with van der Waals surface area (Å²) in [6, 6.07) is 1.48. The molecule has 23 heavy (non-hydrogen) atoms. The molecule has 0 saturated carbocycles. The van der Waals surface area contributed by atoms with Gasteiger partial charge in [-0.25, -0.2) is 4.79 Å². The van der Waals surface area contributed by atoms with Crippen LogP contribution in [0.4, 0.5) is 5.82 Å². The second kappa shape index (κ2) is 7.18. The third-order valence-corrected chi connectivity index (χ3v) is 7.31. The molecule has 4 unspecified atom stereocenters. The monoisotopic (exact) mass is 347 g/mol. The molecule has 0 aromatic carbocycles. The molecule has 9 heteroatoms. The lowest BCUT2D eigenvalue weighted by Gasteiger charge is -2.38. The van der Waals surface area contributed by atoms with Crippen molar-refractivity contribution in [3.8, 4) is 0 Å². The molecule has 0 aliphatic carbocycles. The molecule has 0 bridgehead atoms. The predicted octanol–water partition coefficient (Wildman–Crippen LogP) is -0.149. The molecule has 1 fully saturated rings. The summed E-state index contributed by atoms with van der Waals surface area (Å²) in [7, 11) is -1.41. The molecule has 0 radical (unpaired) electrons. The highest BCUT2D eigenvalue weighted by atomic mass is 32.3. The zero-order valence-electron chi connectivity index (χ0n) is 13.6. The van der Waals surface area contributed by atoms with Gasteiger partial charge in [0.1, 0.15) is 24.1 Å². The van der Waals surface area contributed by atoms with Gasteiger partial charge >= 0.3 is 5.69 Å². The molecule has 0 spiro atoms. The van der Waals surface area contributed by atoms with Crippen molar-refractivity contribution in [2.45, 2.75) is 38.4 Å². The van der Waals surface area contributed by atoms with Crippen LogP contribution in [0.15, 0.2) is 17.1 Å². The van der Waals surface area contributed by atoms with E-state index in [-0.39, 0.29) is 12.4 Å². The lowest BCUT2D eigenvalue weighted by Crippen LogP contribution is -2.39. The van der Waals surface area contributed by atoms with Gasteiger partial charge in [0.15, 0.2) is 6.23 Å². The van der Waals surface area contributed by atoms with E-state index in [0.717, 1.165) is 11.5 Å². The van der Waals surface area contributed by atoms with E-state index in [1.54, 1.807) is 0 Å².